The second kappa shape index (κ2) is 21.0. The number of hydrogen-bond acceptors (Lipinski definition) is 18. The SMILES string of the molecule is O=C([O-])CN(CC(=O)[O-])[C@@H]1CCCC[C@H]1N(CC(=O)[O-])CC(=O)NCCNC(=O)CN(CC(=O)[O-])[C@@H]1CCCC[C@H]1N(CC(=O)[O-])CC(=O)[O-]. The number of nitrogens with one attached hydrogen (secondary N) is 2. The van der Waals surface area contributed by atoms with Gasteiger partial charge in [-0.25, -0.2) is 0 Å². The molecule has 50 heavy (non-hydrogen) atoms. The van der Waals surface area contributed by atoms with Crippen LogP contribution in [0.5, 0.6) is 0 Å². The smallest absolute Gasteiger partial charge is 0.234 e. The van der Waals surface area contributed by atoms with Gasteiger partial charge in [-0.3, -0.25) is 29.2 Å². The first-order chi connectivity index (χ1) is 23.6. The molecule has 2 amide bonds. The number of rotatable bonds is 23. The Morgan fingerprint density at radius 1 is 0.380 bits per heavy atom. The number of amides is 2. The summed E-state index contributed by atoms with van der Waals surface area (Å²) in [6.45, 7) is -5.67. The van der Waals surface area contributed by atoms with E-state index in [4.69, 9.17) is 0 Å². The van der Waals surface area contributed by atoms with Crippen LogP contribution in [-0.2, 0) is 38.4 Å². The fourth-order valence-corrected chi connectivity index (χ4v) is 6.93. The second-order valence-electron chi connectivity index (χ2n) is 12.4. The first kappa shape index (κ1) is 41.8. The quantitative estimate of drug-likeness (QED) is 0.0930. The van der Waals surface area contributed by atoms with Gasteiger partial charge in [-0.2, -0.15) is 0 Å². The molecule has 0 saturated heterocycles. The lowest BCUT2D eigenvalue weighted by Crippen LogP contribution is -2.60. The summed E-state index contributed by atoms with van der Waals surface area (Å²) in [5.74, 6) is -10.6. The van der Waals surface area contributed by atoms with Crippen LogP contribution < -0.4 is 41.3 Å². The summed E-state index contributed by atoms with van der Waals surface area (Å²) in [5, 5.41) is 73.4. The van der Waals surface area contributed by atoms with E-state index in [0.29, 0.717) is 51.4 Å². The van der Waals surface area contributed by atoms with E-state index in [2.05, 4.69) is 10.6 Å². The highest BCUT2D eigenvalue weighted by molar-refractivity contribution is 5.80. The average Bonchev–Trinajstić information content (AvgIpc) is 3.00. The van der Waals surface area contributed by atoms with Crippen LogP contribution in [0.2, 0.25) is 0 Å². The first-order valence-corrected chi connectivity index (χ1v) is 16.3. The molecule has 4 atom stereocenters. The highest BCUT2D eigenvalue weighted by atomic mass is 16.4. The minimum Gasteiger partial charge on any atom is -0.549 e. The Hall–Kier alpha value is -4.40. The van der Waals surface area contributed by atoms with Crippen molar-refractivity contribution < 1.29 is 69.0 Å². The molecule has 0 aromatic carbocycles. The summed E-state index contributed by atoms with van der Waals surface area (Å²) in [5.41, 5.74) is 0. The van der Waals surface area contributed by atoms with E-state index in [1.165, 1.54) is 9.80 Å². The molecule has 0 radical (unpaired) electrons. The van der Waals surface area contributed by atoms with Crippen molar-refractivity contribution >= 4 is 47.6 Å². The zero-order chi connectivity index (χ0) is 37.4. The Balaban J connectivity index is 2.03. The fourth-order valence-electron chi connectivity index (χ4n) is 6.93. The van der Waals surface area contributed by atoms with E-state index in [1.54, 1.807) is 0 Å². The number of carbonyl (C=O) groups excluding carboxylic acids is 8. The van der Waals surface area contributed by atoms with Crippen molar-refractivity contribution in [3.63, 3.8) is 0 Å². The van der Waals surface area contributed by atoms with Crippen molar-refractivity contribution in [2.75, 3.05) is 65.4 Å². The maximum atomic E-state index is 12.8. The van der Waals surface area contributed by atoms with E-state index in [-0.39, 0.29) is 13.1 Å². The van der Waals surface area contributed by atoms with Crippen LogP contribution >= 0.6 is 0 Å². The molecule has 0 aromatic rings. The van der Waals surface area contributed by atoms with E-state index in [9.17, 15) is 69.0 Å². The Morgan fingerprint density at radius 2 is 0.580 bits per heavy atom. The van der Waals surface area contributed by atoms with Crippen LogP contribution in [0.3, 0.4) is 0 Å². The van der Waals surface area contributed by atoms with Gasteiger partial charge in [0.05, 0.1) is 48.9 Å². The molecule has 2 fully saturated rings. The molecule has 0 heterocycles. The van der Waals surface area contributed by atoms with Crippen molar-refractivity contribution in [2.24, 2.45) is 0 Å². The van der Waals surface area contributed by atoms with Gasteiger partial charge in [-0.05, 0) is 25.7 Å². The third-order valence-electron chi connectivity index (χ3n) is 8.72. The Bertz CT molecular complexity index is 1110. The van der Waals surface area contributed by atoms with Crippen LogP contribution in [-0.4, -0.2) is 157 Å². The first-order valence-electron chi connectivity index (χ1n) is 16.3. The maximum Gasteiger partial charge on any atom is 0.234 e. The molecule has 0 bridgehead atoms. The summed E-state index contributed by atoms with van der Waals surface area (Å²) in [6.07, 6.45) is 3.72. The van der Waals surface area contributed by atoms with Crippen molar-refractivity contribution in [3.8, 4) is 0 Å². The topological polar surface area (TPSA) is 312 Å². The molecule has 2 aliphatic carbocycles. The maximum absolute atomic E-state index is 12.8. The standard InChI is InChI=1S/C30H48N6O14/c37-23(11-33(13-25(39)40)19-5-1-3-7-21(19)35(15-27(43)44)16-28(45)46)31-9-10-32-24(38)12-34(14-26(41)42)20-6-2-4-8-22(20)36(17-29(47)48)18-30(49)50/h19-22H,1-18H2,(H,31,37)(H,32,38)(H,39,40)(H,41,42)(H,43,44)(H,45,46)(H,47,48)(H,49,50)/p-6/t19-,20-,21-,22-/m1/s1. The van der Waals surface area contributed by atoms with Gasteiger partial charge < -0.3 is 70.0 Å². The molecule has 20 nitrogen and oxygen atoms in total. The van der Waals surface area contributed by atoms with E-state index >= 15 is 0 Å². The van der Waals surface area contributed by atoms with Crippen molar-refractivity contribution in [3.05, 3.63) is 0 Å². The molecule has 2 rings (SSSR count). The largest absolute Gasteiger partial charge is 0.549 e. The van der Waals surface area contributed by atoms with Crippen LogP contribution in [0, 0.1) is 0 Å². The molecule has 2 aliphatic rings. The molecule has 0 unspecified atom stereocenters. The van der Waals surface area contributed by atoms with Gasteiger partial charge in [0.25, 0.3) is 0 Å². The third-order valence-corrected chi connectivity index (χ3v) is 8.72. The molecule has 20 heteroatoms. The second-order valence-corrected chi connectivity index (χ2v) is 12.4. The number of carboxylic acid groups (broad SMARTS) is 6. The highest BCUT2D eigenvalue weighted by Gasteiger charge is 2.36. The van der Waals surface area contributed by atoms with Crippen molar-refractivity contribution in [1.29, 1.82) is 0 Å². The lowest BCUT2D eigenvalue weighted by molar-refractivity contribution is -0.314. The van der Waals surface area contributed by atoms with Gasteiger partial charge in [-0.1, -0.05) is 25.7 Å². The van der Waals surface area contributed by atoms with Gasteiger partial charge in [-0.15, -0.1) is 0 Å². The third kappa shape index (κ3) is 15.0. The average molecular weight is 711 g/mol. The zero-order valence-corrected chi connectivity index (χ0v) is 27.5. The molecule has 0 spiro atoms. The predicted molar refractivity (Wildman–Crippen MR) is 154 cm³/mol. The number of carbonyl (C=O) groups is 8. The summed E-state index contributed by atoms with van der Waals surface area (Å²) in [4.78, 5) is 98.7. The van der Waals surface area contributed by atoms with E-state index < -0.39 is 124 Å². The lowest BCUT2D eigenvalue weighted by Gasteiger charge is -2.45. The van der Waals surface area contributed by atoms with Gasteiger partial charge in [0.2, 0.25) is 11.8 Å². The number of carboxylic acids is 6. The van der Waals surface area contributed by atoms with Gasteiger partial charge in [0, 0.05) is 76.5 Å². The minimum absolute atomic E-state index is 0.142. The number of nitrogens with zero attached hydrogens (tertiary/aromatic N) is 4. The van der Waals surface area contributed by atoms with E-state index in [1.807, 2.05) is 0 Å². The zero-order valence-electron chi connectivity index (χ0n) is 27.5. The molecule has 282 valence electrons. The Labute approximate surface area is 288 Å². The minimum atomic E-state index is -1.54. The van der Waals surface area contributed by atoms with E-state index in [0.717, 1.165) is 9.80 Å². The number of hydrogen-bond donors (Lipinski definition) is 2. The van der Waals surface area contributed by atoms with Crippen molar-refractivity contribution in [1.82, 2.24) is 30.2 Å². The molecular formula is C30H42N6O14-6. The van der Waals surface area contributed by atoms with Crippen LogP contribution in [0.15, 0.2) is 0 Å². The summed E-state index contributed by atoms with van der Waals surface area (Å²) in [6, 6.07) is -2.93. The van der Waals surface area contributed by atoms with Crippen LogP contribution in [0.1, 0.15) is 51.4 Å². The van der Waals surface area contributed by atoms with Gasteiger partial charge in [0.1, 0.15) is 0 Å². The predicted octanol–water partition coefficient (Wildman–Crippen LogP) is -10.5. The number of aliphatic carboxylic acids is 6. The lowest BCUT2D eigenvalue weighted by atomic mass is 9.87. The van der Waals surface area contributed by atoms with Gasteiger partial charge in [0.15, 0.2) is 0 Å². The summed E-state index contributed by atoms with van der Waals surface area (Å²) >= 11 is 0. The molecular weight excluding hydrogens is 668 g/mol. The Kier molecular flexibility index (Phi) is 17.5. The molecule has 2 N–H and O–H groups in total. The van der Waals surface area contributed by atoms with Crippen LogP contribution in [0.25, 0.3) is 0 Å². The highest BCUT2D eigenvalue weighted by Crippen LogP contribution is 2.28. The summed E-state index contributed by atoms with van der Waals surface area (Å²) in [7, 11) is 0. The monoisotopic (exact) mass is 710 g/mol. The molecule has 0 aliphatic heterocycles. The van der Waals surface area contributed by atoms with Gasteiger partial charge >= 0.3 is 0 Å². The summed E-state index contributed by atoms with van der Waals surface area (Å²) < 4.78 is 0. The molecule has 0 aromatic heterocycles. The van der Waals surface area contributed by atoms with Crippen molar-refractivity contribution in [2.45, 2.75) is 75.5 Å². The molecule has 2 saturated carbocycles. The Morgan fingerprint density at radius 3 is 0.780 bits per heavy atom. The normalized spacial score (nSPS) is 20.8. The fraction of sp³-hybridized carbons (Fsp3) is 0.733. The van der Waals surface area contributed by atoms with Crippen LogP contribution in [0.4, 0.5) is 0 Å².